The van der Waals surface area contributed by atoms with Gasteiger partial charge in [0.2, 0.25) is 0 Å². The fourth-order valence-corrected chi connectivity index (χ4v) is 2.36. The molecule has 3 aromatic rings. The summed E-state index contributed by atoms with van der Waals surface area (Å²) in [6.07, 6.45) is 1.49. The number of nitrogen functional groups attached to an aromatic ring is 1. The predicted molar refractivity (Wildman–Crippen MR) is 109 cm³/mol. The molecule has 0 spiro atoms. The number of nitrogens with one attached hydrogen (secondary N) is 1. The number of anilines is 1. The Morgan fingerprint density at radius 1 is 0.893 bits per heavy atom. The molecule has 6 nitrogen and oxygen atoms in total. The van der Waals surface area contributed by atoms with Crippen LogP contribution in [0.1, 0.15) is 26.3 Å². The lowest BCUT2D eigenvalue weighted by Crippen LogP contribution is -2.17. The fourth-order valence-electron chi connectivity index (χ4n) is 2.24. The highest BCUT2D eigenvalue weighted by atomic mass is 35.5. The average molecular weight is 394 g/mol. The molecule has 0 aromatic heterocycles. The number of ether oxygens (including phenoxy) is 1. The second kappa shape index (κ2) is 8.83. The third-order valence-corrected chi connectivity index (χ3v) is 3.98. The minimum absolute atomic E-state index is 0.343. The predicted octanol–water partition coefficient (Wildman–Crippen LogP) is 3.91. The lowest BCUT2D eigenvalue weighted by atomic mass is 10.2. The first-order valence-corrected chi connectivity index (χ1v) is 8.66. The van der Waals surface area contributed by atoms with E-state index in [4.69, 9.17) is 22.1 Å². The van der Waals surface area contributed by atoms with Crippen LogP contribution in [0.15, 0.2) is 77.9 Å². The van der Waals surface area contributed by atoms with Gasteiger partial charge in [0.05, 0.1) is 11.8 Å². The van der Waals surface area contributed by atoms with Crippen molar-refractivity contribution in [3.8, 4) is 5.75 Å². The van der Waals surface area contributed by atoms with Crippen molar-refractivity contribution in [2.45, 2.75) is 0 Å². The molecule has 0 aliphatic carbocycles. The van der Waals surface area contributed by atoms with Crippen LogP contribution in [0.25, 0.3) is 0 Å². The maximum atomic E-state index is 12.1. The zero-order valence-corrected chi connectivity index (χ0v) is 15.4. The summed E-state index contributed by atoms with van der Waals surface area (Å²) in [6, 6.07) is 19.6. The lowest BCUT2D eigenvalue weighted by molar-refractivity contribution is 0.0734. The van der Waals surface area contributed by atoms with E-state index in [1.807, 2.05) is 0 Å². The molecule has 3 aromatic carbocycles. The maximum absolute atomic E-state index is 12.1. The van der Waals surface area contributed by atoms with Crippen LogP contribution in [-0.2, 0) is 0 Å². The number of carbonyl (C=O) groups excluding carboxylic acids is 2. The standard InChI is InChI=1S/C21H16ClN3O3/c22-17-7-3-16(4-8-17)21(27)28-19-11-1-14(2-12-19)13-24-25-20(26)15-5-9-18(23)10-6-15/h1-13H,23H2,(H,25,26)/b24-13+. The van der Waals surface area contributed by atoms with E-state index in [1.165, 1.54) is 6.21 Å². The maximum Gasteiger partial charge on any atom is 0.343 e. The smallest absolute Gasteiger partial charge is 0.343 e. The van der Waals surface area contributed by atoms with Gasteiger partial charge in [-0.3, -0.25) is 4.79 Å². The minimum Gasteiger partial charge on any atom is -0.423 e. The first-order valence-electron chi connectivity index (χ1n) is 8.28. The Morgan fingerprint density at radius 3 is 2.14 bits per heavy atom. The van der Waals surface area contributed by atoms with Crippen molar-refractivity contribution in [1.29, 1.82) is 0 Å². The van der Waals surface area contributed by atoms with Gasteiger partial charge in [-0.05, 0) is 78.4 Å². The van der Waals surface area contributed by atoms with Gasteiger partial charge >= 0.3 is 5.97 Å². The Labute approximate surface area is 166 Å². The number of halogens is 1. The van der Waals surface area contributed by atoms with Gasteiger partial charge in [0, 0.05) is 16.3 Å². The van der Waals surface area contributed by atoms with E-state index in [9.17, 15) is 9.59 Å². The normalized spacial score (nSPS) is 10.6. The molecule has 3 rings (SSSR count). The number of esters is 1. The third kappa shape index (κ3) is 5.18. The van der Waals surface area contributed by atoms with Gasteiger partial charge in [0.1, 0.15) is 5.75 Å². The molecule has 0 bridgehead atoms. The van der Waals surface area contributed by atoms with Crippen molar-refractivity contribution in [2.75, 3.05) is 5.73 Å². The number of hydrogen-bond acceptors (Lipinski definition) is 5. The number of hydrogen-bond donors (Lipinski definition) is 2. The Morgan fingerprint density at radius 2 is 1.50 bits per heavy atom. The molecule has 0 heterocycles. The SMILES string of the molecule is Nc1ccc(C(=O)N/N=C/c2ccc(OC(=O)c3ccc(Cl)cc3)cc2)cc1. The fraction of sp³-hybridized carbons (Fsp3) is 0. The van der Waals surface area contributed by atoms with E-state index in [0.717, 1.165) is 5.56 Å². The molecule has 3 N–H and O–H groups in total. The van der Waals surface area contributed by atoms with Crippen LogP contribution in [-0.4, -0.2) is 18.1 Å². The van der Waals surface area contributed by atoms with Crippen LogP contribution in [0.3, 0.4) is 0 Å². The first kappa shape index (κ1) is 19.1. The van der Waals surface area contributed by atoms with E-state index < -0.39 is 5.97 Å². The monoisotopic (exact) mass is 393 g/mol. The summed E-state index contributed by atoms with van der Waals surface area (Å²) in [5.41, 5.74) is 10.2. The summed E-state index contributed by atoms with van der Waals surface area (Å²) < 4.78 is 5.30. The largest absolute Gasteiger partial charge is 0.423 e. The number of nitrogens with two attached hydrogens (primary N) is 1. The van der Waals surface area contributed by atoms with Gasteiger partial charge in [0.25, 0.3) is 5.91 Å². The number of amides is 1. The molecule has 0 aliphatic rings. The van der Waals surface area contributed by atoms with Crippen LogP contribution in [0.2, 0.25) is 5.02 Å². The molecule has 0 saturated carbocycles. The van der Waals surface area contributed by atoms with E-state index in [1.54, 1.807) is 72.8 Å². The second-order valence-electron chi connectivity index (χ2n) is 5.79. The quantitative estimate of drug-likeness (QED) is 0.226. The molecule has 0 fully saturated rings. The van der Waals surface area contributed by atoms with Crippen LogP contribution in [0, 0.1) is 0 Å². The molecule has 1 amide bonds. The van der Waals surface area contributed by atoms with Crippen molar-refractivity contribution in [2.24, 2.45) is 5.10 Å². The summed E-state index contributed by atoms with van der Waals surface area (Å²) in [7, 11) is 0. The Kier molecular flexibility index (Phi) is 6.04. The number of hydrazone groups is 1. The van der Waals surface area contributed by atoms with Gasteiger partial charge in [-0.1, -0.05) is 11.6 Å². The van der Waals surface area contributed by atoms with Crippen LogP contribution < -0.4 is 15.9 Å². The summed E-state index contributed by atoms with van der Waals surface area (Å²) >= 11 is 5.80. The molecule has 0 radical (unpaired) electrons. The van der Waals surface area contributed by atoms with E-state index in [2.05, 4.69) is 10.5 Å². The van der Waals surface area contributed by atoms with Gasteiger partial charge < -0.3 is 10.5 Å². The first-order chi connectivity index (χ1) is 13.5. The lowest BCUT2D eigenvalue weighted by Gasteiger charge is -2.05. The molecular weight excluding hydrogens is 378 g/mol. The second-order valence-corrected chi connectivity index (χ2v) is 6.22. The Bertz CT molecular complexity index is 999. The van der Waals surface area contributed by atoms with Crippen molar-refractivity contribution >= 4 is 35.4 Å². The Hall–Kier alpha value is -3.64. The van der Waals surface area contributed by atoms with Gasteiger partial charge in [-0.25, -0.2) is 10.2 Å². The topological polar surface area (TPSA) is 93.8 Å². The van der Waals surface area contributed by atoms with E-state index in [0.29, 0.717) is 27.6 Å². The van der Waals surface area contributed by atoms with E-state index in [-0.39, 0.29) is 5.91 Å². The number of rotatable bonds is 5. The van der Waals surface area contributed by atoms with Crippen LogP contribution >= 0.6 is 11.6 Å². The third-order valence-electron chi connectivity index (χ3n) is 3.72. The van der Waals surface area contributed by atoms with Crippen molar-refractivity contribution in [3.63, 3.8) is 0 Å². The van der Waals surface area contributed by atoms with Gasteiger partial charge in [-0.15, -0.1) is 0 Å². The van der Waals surface area contributed by atoms with E-state index >= 15 is 0 Å². The van der Waals surface area contributed by atoms with Gasteiger partial charge in [-0.2, -0.15) is 5.10 Å². The molecule has 28 heavy (non-hydrogen) atoms. The summed E-state index contributed by atoms with van der Waals surface area (Å²) in [4.78, 5) is 24.0. The van der Waals surface area contributed by atoms with Crippen molar-refractivity contribution in [1.82, 2.24) is 5.43 Å². The van der Waals surface area contributed by atoms with Crippen LogP contribution in [0.5, 0.6) is 5.75 Å². The minimum atomic E-state index is -0.478. The van der Waals surface area contributed by atoms with Crippen LogP contribution in [0.4, 0.5) is 5.69 Å². The number of carbonyl (C=O) groups is 2. The highest BCUT2D eigenvalue weighted by Crippen LogP contribution is 2.15. The number of benzene rings is 3. The number of nitrogens with zero attached hydrogens (tertiary/aromatic N) is 1. The van der Waals surface area contributed by atoms with Gasteiger partial charge in [0.15, 0.2) is 0 Å². The summed E-state index contributed by atoms with van der Waals surface area (Å²) in [6.45, 7) is 0. The Balaban J connectivity index is 1.55. The molecule has 0 saturated heterocycles. The highest BCUT2D eigenvalue weighted by Gasteiger charge is 2.08. The zero-order valence-electron chi connectivity index (χ0n) is 14.6. The zero-order chi connectivity index (χ0) is 19.9. The highest BCUT2D eigenvalue weighted by molar-refractivity contribution is 6.30. The molecule has 0 atom stereocenters. The summed E-state index contributed by atoms with van der Waals surface area (Å²) in [5.74, 6) is -0.429. The molecule has 7 heteroatoms. The molecule has 0 unspecified atom stereocenters. The molecule has 0 aliphatic heterocycles. The average Bonchev–Trinajstić information content (AvgIpc) is 2.70. The summed E-state index contributed by atoms with van der Waals surface area (Å²) in [5, 5.41) is 4.46. The molecule has 140 valence electrons. The molecular formula is C21H16ClN3O3. The van der Waals surface area contributed by atoms with Crippen molar-refractivity contribution in [3.05, 3.63) is 94.5 Å². The van der Waals surface area contributed by atoms with Crippen molar-refractivity contribution < 1.29 is 14.3 Å².